The Morgan fingerprint density at radius 3 is 1.94 bits per heavy atom. The summed E-state index contributed by atoms with van der Waals surface area (Å²) in [6, 6.07) is 12.3. The molecule has 0 amide bonds. The Morgan fingerprint density at radius 2 is 1.40 bits per heavy atom. The summed E-state index contributed by atoms with van der Waals surface area (Å²) in [4.78, 5) is 42.4. The molecule has 0 spiro atoms. The summed E-state index contributed by atoms with van der Waals surface area (Å²) in [5, 5.41) is 10.3. The first-order chi connectivity index (χ1) is 24.0. The van der Waals surface area contributed by atoms with E-state index in [0.29, 0.717) is 64.8 Å². The lowest BCUT2D eigenvalue weighted by Gasteiger charge is -2.41. The summed E-state index contributed by atoms with van der Waals surface area (Å²) in [5.74, 6) is 1.40. The van der Waals surface area contributed by atoms with Crippen molar-refractivity contribution in [3.05, 3.63) is 75.4 Å². The van der Waals surface area contributed by atoms with Gasteiger partial charge in [-0.3, -0.25) is 0 Å². The molecule has 1 aromatic carbocycles. The molecule has 3 fully saturated rings. The van der Waals surface area contributed by atoms with Gasteiger partial charge in [-0.15, -0.1) is 0 Å². The van der Waals surface area contributed by atoms with Crippen molar-refractivity contribution in [2.45, 2.75) is 64.6 Å². The summed E-state index contributed by atoms with van der Waals surface area (Å²) in [6.45, 7) is 10.3. The smallest absolute Gasteiger partial charge is 0.337 e. The van der Waals surface area contributed by atoms with Gasteiger partial charge in [0.1, 0.15) is 27.8 Å². The highest BCUT2D eigenvalue weighted by molar-refractivity contribution is 6.33. The minimum atomic E-state index is -1.06. The molecule has 15 heteroatoms. The maximum atomic E-state index is 13.6. The van der Waals surface area contributed by atoms with E-state index >= 15 is 0 Å². The molecule has 3 aromatic heterocycles. The number of nitrogens with zero attached hydrogens (tertiary/aromatic N) is 9. The number of aromatic carboxylic acids is 1. The fourth-order valence-corrected chi connectivity index (χ4v) is 7.40. The first-order valence-electron chi connectivity index (χ1n) is 16.8. The molecule has 0 radical (unpaired) electrons. The molecule has 4 aromatic rings. The van der Waals surface area contributed by atoms with E-state index in [0.717, 1.165) is 43.0 Å². The third-order valence-corrected chi connectivity index (χ3v) is 10.1. The van der Waals surface area contributed by atoms with Crippen LogP contribution in [0.4, 0.5) is 27.9 Å². The monoisotopic (exact) mass is 741 g/mol. The highest BCUT2D eigenvalue weighted by Crippen LogP contribution is 2.32. The molecule has 3 saturated heterocycles. The van der Waals surface area contributed by atoms with E-state index in [1.165, 1.54) is 37.2 Å². The Kier molecular flexibility index (Phi) is 11.1. The van der Waals surface area contributed by atoms with E-state index < -0.39 is 5.97 Å². The summed E-state index contributed by atoms with van der Waals surface area (Å²) in [5.41, 5.74) is 1.67. The van der Waals surface area contributed by atoms with Gasteiger partial charge in [0.05, 0.1) is 16.3 Å². The minimum absolute atomic E-state index is 0.0633. The Labute approximate surface area is 306 Å². The first kappa shape index (κ1) is 35.8. The molecule has 6 heterocycles. The predicted octanol–water partition coefficient (Wildman–Crippen LogP) is 7.51. The lowest BCUT2D eigenvalue weighted by molar-refractivity contribution is 0.0696. The van der Waals surface area contributed by atoms with Crippen LogP contribution in [0.3, 0.4) is 0 Å². The number of hydrogen-bond donors (Lipinski definition) is 1. The molecular formula is C35H39Cl3FN9O2. The van der Waals surface area contributed by atoms with E-state index in [2.05, 4.69) is 55.3 Å². The van der Waals surface area contributed by atoms with Gasteiger partial charge in [0.25, 0.3) is 0 Å². The number of carboxylic acids is 1. The number of rotatable bonds is 6. The number of piperazine rings is 1. The molecule has 0 aliphatic carbocycles. The van der Waals surface area contributed by atoms with Crippen molar-refractivity contribution < 1.29 is 14.3 Å². The van der Waals surface area contributed by atoms with Gasteiger partial charge in [-0.1, -0.05) is 34.8 Å². The van der Waals surface area contributed by atoms with Crippen LogP contribution in [0, 0.1) is 5.82 Å². The largest absolute Gasteiger partial charge is 0.478 e. The van der Waals surface area contributed by atoms with Crippen LogP contribution in [0.5, 0.6) is 0 Å². The van der Waals surface area contributed by atoms with Gasteiger partial charge in [0, 0.05) is 74.7 Å². The molecule has 50 heavy (non-hydrogen) atoms. The third kappa shape index (κ3) is 8.14. The second-order valence-corrected chi connectivity index (χ2v) is 14.1. The van der Waals surface area contributed by atoms with Crippen LogP contribution < -0.4 is 19.6 Å². The highest BCUT2D eigenvalue weighted by Gasteiger charge is 2.30. The number of aromatic nitrogens is 5. The zero-order chi connectivity index (χ0) is 35.5. The van der Waals surface area contributed by atoms with Crippen molar-refractivity contribution in [3.63, 3.8) is 0 Å². The molecule has 1 N–H and O–H groups in total. The predicted molar refractivity (Wildman–Crippen MR) is 197 cm³/mol. The van der Waals surface area contributed by atoms with Crippen LogP contribution in [-0.4, -0.2) is 86.8 Å². The second-order valence-electron chi connectivity index (χ2n) is 12.9. The van der Waals surface area contributed by atoms with Crippen molar-refractivity contribution in [2.24, 2.45) is 0 Å². The van der Waals surface area contributed by atoms with Crippen LogP contribution in [-0.2, 0) is 0 Å². The molecule has 3 atom stereocenters. The van der Waals surface area contributed by atoms with Crippen LogP contribution in [0.25, 0.3) is 11.3 Å². The first-order valence-corrected chi connectivity index (χ1v) is 17.9. The molecule has 3 aliphatic rings. The van der Waals surface area contributed by atoms with Gasteiger partial charge < -0.3 is 24.7 Å². The van der Waals surface area contributed by atoms with Crippen LogP contribution in [0.1, 0.15) is 56.8 Å². The summed E-state index contributed by atoms with van der Waals surface area (Å²) < 4.78 is 13.6. The quantitative estimate of drug-likeness (QED) is 0.198. The van der Waals surface area contributed by atoms with Crippen molar-refractivity contribution >= 4 is 64.3 Å². The second kappa shape index (κ2) is 15.5. The van der Waals surface area contributed by atoms with Gasteiger partial charge >= 0.3 is 5.97 Å². The van der Waals surface area contributed by atoms with E-state index in [1.807, 2.05) is 6.07 Å². The Balaban J connectivity index is 0.000000257. The summed E-state index contributed by atoms with van der Waals surface area (Å²) in [6.07, 6.45) is 5.89. The van der Waals surface area contributed by atoms with Gasteiger partial charge in [-0.2, -0.15) is 4.98 Å². The maximum Gasteiger partial charge on any atom is 0.337 e. The average Bonchev–Trinajstić information content (AvgIpc) is 3.72. The number of carbonyl (C=O) groups is 1. The summed E-state index contributed by atoms with van der Waals surface area (Å²) in [7, 11) is 0. The molecule has 0 bridgehead atoms. The lowest BCUT2D eigenvalue weighted by Crippen LogP contribution is -2.52. The summed E-state index contributed by atoms with van der Waals surface area (Å²) >= 11 is 18.0. The Bertz CT molecular complexity index is 1820. The number of anilines is 4. The molecule has 0 saturated carbocycles. The molecule has 0 unspecified atom stereocenters. The van der Waals surface area contributed by atoms with E-state index in [1.54, 1.807) is 18.2 Å². The zero-order valence-corrected chi connectivity index (χ0v) is 30.4. The van der Waals surface area contributed by atoms with Crippen LogP contribution in [0.15, 0.2) is 48.7 Å². The molecule has 7 rings (SSSR count). The van der Waals surface area contributed by atoms with Gasteiger partial charge in [0.2, 0.25) is 11.9 Å². The SMILES string of the molecule is C[C@@H]1CN(c2ncc(C(=O)O)cc2Cl)CCN1c1cc(-c2ccc(F)cc2)nc(N2CCC[C@@H]2C)n1.C[C@H]1CCCN1c1nc(Cl)cc(Cl)n1. The van der Waals surface area contributed by atoms with E-state index in [4.69, 9.17) is 44.8 Å². The number of benzene rings is 1. The average molecular weight is 743 g/mol. The van der Waals surface area contributed by atoms with Crippen LogP contribution in [0.2, 0.25) is 15.3 Å². The maximum absolute atomic E-state index is 13.6. The van der Waals surface area contributed by atoms with Gasteiger partial charge in [-0.05, 0) is 76.8 Å². The minimum Gasteiger partial charge on any atom is -0.478 e. The molecular weight excluding hydrogens is 704 g/mol. The van der Waals surface area contributed by atoms with Crippen molar-refractivity contribution in [2.75, 3.05) is 52.3 Å². The van der Waals surface area contributed by atoms with Crippen molar-refractivity contribution in [1.82, 2.24) is 24.9 Å². The topological polar surface area (TPSA) is 115 Å². The van der Waals surface area contributed by atoms with Crippen LogP contribution >= 0.6 is 34.8 Å². The number of halogens is 4. The normalized spacial score (nSPS) is 20.6. The standard InChI is InChI=1S/C26H28ClFN6O2.C9H11Cl2N3/c1-16-4-3-9-34(16)26-30-22(18-5-7-20(28)8-6-18)13-23(31-26)33-11-10-32(15-17(33)2)24-21(27)12-19(14-29-24)25(35)36;1-6-3-2-4-14(6)9-12-7(10)5-8(11)13-9/h5-8,12-14,16-17H,3-4,9-11,15H2,1-2H3,(H,35,36);5-6H,2-4H2,1H3/t16-,17+;6-/m00/s1. The number of carboxylic acid groups (broad SMARTS) is 1. The Morgan fingerprint density at radius 1 is 0.780 bits per heavy atom. The molecule has 11 nitrogen and oxygen atoms in total. The number of pyridine rings is 1. The highest BCUT2D eigenvalue weighted by atomic mass is 35.5. The fourth-order valence-electron chi connectivity index (χ4n) is 6.70. The lowest BCUT2D eigenvalue weighted by atomic mass is 10.1. The fraction of sp³-hybridized carbons (Fsp3) is 0.429. The molecule has 3 aliphatic heterocycles. The zero-order valence-electron chi connectivity index (χ0n) is 28.1. The van der Waals surface area contributed by atoms with Crippen molar-refractivity contribution in [1.29, 1.82) is 0 Å². The van der Waals surface area contributed by atoms with Gasteiger partial charge in [0.15, 0.2) is 0 Å². The van der Waals surface area contributed by atoms with E-state index in [-0.39, 0.29) is 17.4 Å². The molecule has 264 valence electrons. The van der Waals surface area contributed by atoms with Gasteiger partial charge in [-0.25, -0.2) is 29.1 Å². The van der Waals surface area contributed by atoms with E-state index in [9.17, 15) is 14.3 Å². The third-order valence-electron chi connectivity index (χ3n) is 9.40. The Hall–Kier alpha value is -4.00. The number of hydrogen-bond acceptors (Lipinski definition) is 10. The van der Waals surface area contributed by atoms with Crippen molar-refractivity contribution in [3.8, 4) is 11.3 Å².